The number of amides is 2. The molecule has 0 unspecified atom stereocenters. The Morgan fingerprint density at radius 1 is 1.11 bits per heavy atom. The number of rotatable bonds is 5. The van der Waals surface area contributed by atoms with Crippen LogP contribution in [0.5, 0.6) is 0 Å². The fourth-order valence-electron chi connectivity index (χ4n) is 3.74. The van der Waals surface area contributed by atoms with Crippen molar-refractivity contribution in [3.05, 3.63) is 47.3 Å². The van der Waals surface area contributed by atoms with Crippen LogP contribution >= 0.6 is 0 Å². The van der Waals surface area contributed by atoms with Crippen LogP contribution in [0.3, 0.4) is 0 Å². The number of hydrogen-bond donors (Lipinski definition) is 1. The second-order valence-corrected chi connectivity index (χ2v) is 6.87. The maximum absolute atomic E-state index is 12.7. The van der Waals surface area contributed by atoms with Crippen molar-refractivity contribution < 1.29 is 14.3 Å². The van der Waals surface area contributed by atoms with Crippen LogP contribution in [0.25, 0.3) is 5.69 Å². The lowest BCUT2D eigenvalue weighted by molar-refractivity contribution is -0.135. The molecule has 2 aromatic rings. The van der Waals surface area contributed by atoms with Gasteiger partial charge in [-0.05, 0) is 31.4 Å². The van der Waals surface area contributed by atoms with Gasteiger partial charge in [0.25, 0.3) is 5.91 Å². The summed E-state index contributed by atoms with van der Waals surface area (Å²) in [4.78, 5) is 26.7. The predicted octanol–water partition coefficient (Wildman–Crippen LogP) is 1.34. The highest BCUT2D eigenvalue weighted by Gasteiger charge is 2.27. The Bertz CT molecular complexity index is 825. The van der Waals surface area contributed by atoms with Crippen molar-refractivity contribution in [2.24, 2.45) is 0 Å². The molecule has 4 rings (SSSR count). The van der Waals surface area contributed by atoms with Gasteiger partial charge in [0.1, 0.15) is 0 Å². The van der Waals surface area contributed by atoms with Gasteiger partial charge in [0.2, 0.25) is 5.91 Å². The molecule has 0 bridgehead atoms. The molecular weight excluding hydrogens is 344 g/mol. The Labute approximate surface area is 158 Å². The molecular formula is C20H24N4O3. The van der Waals surface area contributed by atoms with E-state index in [4.69, 9.17) is 4.74 Å². The molecule has 2 heterocycles. The Balaban J connectivity index is 1.41. The second kappa shape index (κ2) is 7.92. The first kappa shape index (κ1) is 17.7. The summed E-state index contributed by atoms with van der Waals surface area (Å²) in [5.41, 5.74) is 3.62. The molecule has 0 saturated carbocycles. The minimum absolute atomic E-state index is 0.0543. The smallest absolute Gasteiger partial charge is 0.272 e. The number of aromatic nitrogens is 2. The third-order valence-electron chi connectivity index (χ3n) is 5.13. The molecule has 0 radical (unpaired) electrons. The van der Waals surface area contributed by atoms with Crippen LogP contribution in [0.2, 0.25) is 0 Å². The quantitative estimate of drug-likeness (QED) is 0.864. The van der Waals surface area contributed by atoms with E-state index in [0.29, 0.717) is 45.0 Å². The van der Waals surface area contributed by atoms with E-state index < -0.39 is 0 Å². The van der Waals surface area contributed by atoms with Crippen LogP contribution in [0.1, 0.15) is 34.6 Å². The van der Waals surface area contributed by atoms with Gasteiger partial charge in [0, 0.05) is 37.3 Å². The van der Waals surface area contributed by atoms with Crippen molar-refractivity contribution in [1.82, 2.24) is 20.0 Å². The zero-order valence-corrected chi connectivity index (χ0v) is 15.3. The molecule has 7 nitrogen and oxygen atoms in total. The lowest BCUT2D eigenvalue weighted by Crippen LogP contribution is -2.42. The summed E-state index contributed by atoms with van der Waals surface area (Å²) in [5, 5.41) is 7.45. The molecule has 0 spiro atoms. The van der Waals surface area contributed by atoms with E-state index in [1.54, 1.807) is 4.90 Å². The maximum atomic E-state index is 12.7. The Kier molecular flexibility index (Phi) is 5.20. The van der Waals surface area contributed by atoms with Crippen LogP contribution in [0.4, 0.5) is 0 Å². The highest BCUT2D eigenvalue weighted by molar-refractivity contribution is 5.94. The van der Waals surface area contributed by atoms with Crippen LogP contribution < -0.4 is 5.32 Å². The number of carbonyl (C=O) groups is 2. The van der Waals surface area contributed by atoms with Crippen molar-refractivity contribution in [3.8, 4) is 5.69 Å². The summed E-state index contributed by atoms with van der Waals surface area (Å²) in [6.07, 6.45) is 3.14. The van der Waals surface area contributed by atoms with Gasteiger partial charge in [-0.15, -0.1) is 0 Å². The number of para-hydroxylation sites is 1. The SMILES string of the molecule is O=C(NCCC(=O)N1CCOCC1)c1nn(-c2ccccc2)c2c1CCC2. The average molecular weight is 368 g/mol. The standard InChI is InChI=1S/C20H24N4O3/c25-18(23-11-13-27-14-12-23)9-10-21-20(26)19-16-7-4-8-17(16)24(22-19)15-5-2-1-3-6-15/h1-3,5-6H,4,7-14H2,(H,21,26). The minimum Gasteiger partial charge on any atom is -0.378 e. The van der Waals surface area contributed by atoms with Gasteiger partial charge < -0.3 is 15.0 Å². The fourth-order valence-corrected chi connectivity index (χ4v) is 3.74. The molecule has 2 aliphatic rings. The normalized spacial score (nSPS) is 16.2. The van der Waals surface area contributed by atoms with Gasteiger partial charge in [-0.1, -0.05) is 18.2 Å². The molecule has 1 aliphatic carbocycles. The zero-order chi connectivity index (χ0) is 18.6. The highest BCUT2D eigenvalue weighted by atomic mass is 16.5. The van der Waals surface area contributed by atoms with Gasteiger partial charge in [-0.2, -0.15) is 5.10 Å². The van der Waals surface area contributed by atoms with Crippen molar-refractivity contribution in [3.63, 3.8) is 0 Å². The van der Waals surface area contributed by atoms with E-state index in [2.05, 4.69) is 10.4 Å². The van der Waals surface area contributed by atoms with Crippen molar-refractivity contribution in [2.75, 3.05) is 32.8 Å². The van der Waals surface area contributed by atoms with Gasteiger partial charge >= 0.3 is 0 Å². The Morgan fingerprint density at radius 2 is 1.89 bits per heavy atom. The number of fused-ring (bicyclic) bond motifs is 1. The molecule has 1 fully saturated rings. The fraction of sp³-hybridized carbons (Fsp3) is 0.450. The van der Waals surface area contributed by atoms with Crippen molar-refractivity contribution in [2.45, 2.75) is 25.7 Å². The average Bonchev–Trinajstić information content (AvgIpc) is 3.32. The number of nitrogens with one attached hydrogen (secondary N) is 1. The molecule has 1 saturated heterocycles. The third-order valence-corrected chi connectivity index (χ3v) is 5.13. The molecule has 7 heteroatoms. The number of carbonyl (C=O) groups excluding carboxylic acids is 2. The number of benzene rings is 1. The molecule has 1 aromatic carbocycles. The summed E-state index contributed by atoms with van der Waals surface area (Å²) in [7, 11) is 0. The first-order valence-electron chi connectivity index (χ1n) is 9.54. The highest BCUT2D eigenvalue weighted by Crippen LogP contribution is 2.27. The number of morpholine rings is 1. The van der Waals surface area contributed by atoms with E-state index in [-0.39, 0.29) is 11.8 Å². The first-order valence-corrected chi connectivity index (χ1v) is 9.54. The van der Waals surface area contributed by atoms with Crippen LogP contribution in [0, 0.1) is 0 Å². The Hall–Kier alpha value is -2.67. The van der Waals surface area contributed by atoms with E-state index in [1.165, 1.54) is 0 Å². The van der Waals surface area contributed by atoms with E-state index in [1.807, 2.05) is 35.0 Å². The third kappa shape index (κ3) is 3.73. The monoisotopic (exact) mass is 368 g/mol. The zero-order valence-electron chi connectivity index (χ0n) is 15.3. The summed E-state index contributed by atoms with van der Waals surface area (Å²) >= 11 is 0. The largest absolute Gasteiger partial charge is 0.378 e. The van der Waals surface area contributed by atoms with Gasteiger partial charge in [0.15, 0.2) is 5.69 Å². The summed E-state index contributed by atoms with van der Waals surface area (Å²) in [6, 6.07) is 9.89. The molecule has 1 aliphatic heterocycles. The summed E-state index contributed by atoms with van der Waals surface area (Å²) < 4.78 is 7.14. The van der Waals surface area contributed by atoms with Crippen molar-refractivity contribution >= 4 is 11.8 Å². The first-order chi connectivity index (χ1) is 13.2. The van der Waals surface area contributed by atoms with Crippen LogP contribution in [0.15, 0.2) is 30.3 Å². The molecule has 2 amide bonds. The number of ether oxygens (including phenoxy) is 1. The Morgan fingerprint density at radius 3 is 2.67 bits per heavy atom. The van der Waals surface area contributed by atoms with Gasteiger partial charge in [-0.25, -0.2) is 4.68 Å². The number of nitrogens with zero attached hydrogens (tertiary/aromatic N) is 3. The maximum Gasteiger partial charge on any atom is 0.272 e. The van der Waals surface area contributed by atoms with Crippen LogP contribution in [-0.2, 0) is 22.4 Å². The van der Waals surface area contributed by atoms with Gasteiger partial charge in [0.05, 0.1) is 18.9 Å². The van der Waals surface area contributed by atoms with Crippen molar-refractivity contribution in [1.29, 1.82) is 0 Å². The van der Waals surface area contributed by atoms with E-state index in [9.17, 15) is 9.59 Å². The van der Waals surface area contributed by atoms with Crippen LogP contribution in [-0.4, -0.2) is 59.3 Å². The molecule has 0 atom stereocenters. The molecule has 1 aromatic heterocycles. The van der Waals surface area contributed by atoms with Gasteiger partial charge in [-0.3, -0.25) is 9.59 Å². The molecule has 27 heavy (non-hydrogen) atoms. The molecule has 1 N–H and O–H groups in total. The van der Waals surface area contributed by atoms with E-state index >= 15 is 0 Å². The number of hydrogen-bond acceptors (Lipinski definition) is 4. The minimum atomic E-state index is -0.197. The second-order valence-electron chi connectivity index (χ2n) is 6.87. The predicted molar refractivity (Wildman–Crippen MR) is 99.9 cm³/mol. The summed E-state index contributed by atoms with van der Waals surface area (Å²) in [5.74, 6) is -0.142. The van der Waals surface area contributed by atoms with E-state index in [0.717, 1.165) is 36.2 Å². The topological polar surface area (TPSA) is 76.5 Å². The summed E-state index contributed by atoms with van der Waals surface area (Å²) in [6.45, 7) is 2.74. The lowest BCUT2D eigenvalue weighted by Gasteiger charge is -2.26. The molecule has 142 valence electrons. The lowest BCUT2D eigenvalue weighted by atomic mass is 10.2.